The maximum Gasteiger partial charge on any atom is 0.179 e. The van der Waals surface area contributed by atoms with Gasteiger partial charge in [0, 0.05) is 50.2 Å². The number of hydrogen-bond acceptors (Lipinski definition) is 1. The molecule has 0 aliphatic heterocycles. The SMILES string of the molecule is c1ccc([Si](c2ccccc2)(c2ccccc2)c2cccc(-n3c4ccccc4c4cc(-n5c6ccccc6c6cc(-n7c8ccccc8c8ncccc87)ccc65)ccc43)c2)cc1. The summed E-state index contributed by atoms with van der Waals surface area (Å²) in [5.41, 5.74) is 11.4. The molecule has 0 bridgehead atoms. The Hall–Kier alpha value is -8.25. The van der Waals surface area contributed by atoms with E-state index in [-0.39, 0.29) is 0 Å². The fourth-order valence-electron chi connectivity index (χ4n) is 10.8. The number of pyridine rings is 1. The molecular weight excluding hydrogens is 793 g/mol. The van der Waals surface area contributed by atoms with Gasteiger partial charge in [-0.25, -0.2) is 0 Å². The summed E-state index contributed by atoms with van der Waals surface area (Å²) in [5.74, 6) is 0. The zero-order valence-electron chi connectivity index (χ0n) is 34.9. The van der Waals surface area contributed by atoms with Gasteiger partial charge >= 0.3 is 0 Å². The normalized spacial score (nSPS) is 12.1. The first kappa shape index (κ1) is 36.4. The van der Waals surface area contributed by atoms with Gasteiger partial charge in [-0.15, -0.1) is 0 Å². The molecule has 0 radical (unpaired) electrons. The van der Waals surface area contributed by atoms with Crippen molar-refractivity contribution in [3.63, 3.8) is 0 Å². The fourth-order valence-corrected chi connectivity index (χ4v) is 15.5. The molecule has 5 heteroatoms. The molecule has 0 amide bonds. The van der Waals surface area contributed by atoms with Crippen LogP contribution in [0.5, 0.6) is 0 Å². The molecule has 9 aromatic carbocycles. The Bertz CT molecular complexity index is 3750. The smallest absolute Gasteiger partial charge is 0.179 e. The topological polar surface area (TPSA) is 27.7 Å². The first-order valence-corrected chi connectivity index (χ1v) is 24.0. The summed E-state index contributed by atoms with van der Waals surface area (Å²) in [5, 5.41) is 11.5. The van der Waals surface area contributed by atoms with Crippen LogP contribution in [0, 0.1) is 0 Å². The van der Waals surface area contributed by atoms with E-state index in [2.05, 4.69) is 244 Å². The van der Waals surface area contributed by atoms with Gasteiger partial charge in [0.1, 0.15) is 0 Å². The molecule has 64 heavy (non-hydrogen) atoms. The van der Waals surface area contributed by atoms with Crippen molar-refractivity contribution in [1.29, 1.82) is 0 Å². The van der Waals surface area contributed by atoms with Gasteiger partial charge in [0.25, 0.3) is 0 Å². The lowest BCUT2D eigenvalue weighted by atomic mass is 10.1. The van der Waals surface area contributed by atoms with Crippen LogP contribution in [-0.2, 0) is 0 Å². The highest BCUT2D eigenvalue weighted by atomic mass is 28.3. The third kappa shape index (κ3) is 5.31. The van der Waals surface area contributed by atoms with Crippen LogP contribution in [0.3, 0.4) is 0 Å². The maximum atomic E-state index is 4.81. The van der Waals surface area contributed by atoms with Crippen molar-refractivity contribution in [2.75, 3.05) is 0 Å². The van der Waals surface area contributed by atoms with Crippen molar-refractivity contribution >= 4 is 94.4 Å². The quantitative estimate of drug-likeness (QED) is 0.116. The number of fused-ring (bicyclic) bond motifs is 9. The number of benzene rings is 9. The van der Waals surface area contributed by atoms with Crippen LogP contribution < -0.4 is 20.7 Å². The van der Waals surface area contributed by atoms with Crippen LogP contribution in [0.4, 0.5) is 0 Å². The number of aromatic nitrogens is 4. The predicted molar refractivity (Wildman–Crippen MR) is 271 cm³/mol. The highest BCUT2D eigenvalue weighted by Gasteiger charge is 2.41. The van der Waals surface area contributed by atoms with Crippen molar-refractivity contribution in [2.45, 2.75) is 0 Å². The van der Waals surface area contributed by atoms with E-state index in [1.165, 1.54) is 64.4 Å². The van der Waals surface area contributed by atoms with Gasteiger partial charge in [0.05, 0.1) is 38.6 Å². The van der Waals surface area contributed by atoms with Crippen LogP contribution in [0.1, 0.15) is 0 Å². The van der Waals surface area contributed by atoms with Gasteiger partial charge in [-0.1, -0.05) is 158 Å². The number of hydrogen-bond donors (Lipinski definition) is 0. The van der Waals surface area contributed by atoms with Crippen molar-refractivity contribution in [1.82, 2.24) is 18.7 Å². The average Bonchev–Trinajstić information content (AvgIpc) is 4.01. The fraction of sp³-hybridized carbons (Fsp3) is 0. The predicted octanol–water partition coefficient (Wildman–Crippen LogP) is 11.8. The molecule has 4 nitrogen and oxygen atoms in total. The van der Waals surface area contributed by atoms with Crippen LogP contribution in [0.2, 0.25) is 0 Å². The Kier molecular flexibility index (Phi) is 8.20. The Morgan fingerprint density at radius 3 is 1.19 bits per heavy atom. The Morgan fingerprint density at radius 1 is 0.266 bits per heavy atom. The van der Waals surface area contributed by atoms with Gasteiger partial charge in [-0.05, 0) is 99.6 Å². The first-order valence-electron chi connectivity index (χ1n) is 22.0. The van der Waals surface area contributed by atoms with Crippen molar-refractivity contribution < 1.29 is 0 Å². The van der Waals surface area contributed by atoms with E-state index in [4.69, 9.17) is 4.98 Å². The molecule has 0 saturated carbocycles. The summed E-state index contributed by atoms with van der Waals surface area (Å²) in [6, 6.07) is 87.3. The van der Waals surface area contributed by atoms with E-state index in [0.717, 1.165) is 39.0 Å². The molecule has 0 spiro atoms. The number of nitrogens with zero attached hydrogens (tertiary/aromatic N) is 4. The molecule has 4 aromatic heterocycles. The minimum absolute atomic E-state index is 1.02. The summed E-state index contributed by atoms with van der Waals surface area (Å²) in [7, 11) is -2.75. The molecule has 13 rings (SSSR count). The largest absolute Gasteiger partial charge is 0.309 e. The second kappa shape index (κ2) is 14.4. The summed E-state index contributed by atoms with van der Waals surface area (Å²) in [6.07, 6.45) is 1.89. The van der Waals surface area contributed by atoms with Gasteiger partial charge in [0.2, 0.25) is 0 Å². The molecule has 0 unspecified atom stereocenters. The summed E-state index contributed by atoms with van der Waals surface area (Å²) < 4.78 is 7.26. The number of rotatable bonds is 7. The van der Waals surface area contributed by atoms with Crippen molar-refractivity contribution in [3.8, 4) is 17.1 Å². The van der Waals surface area contributed by atoms with Gasteiger partial charge in [-0.3, -0.25) is 4.98 Å². The highest BCUT2D eigenvalue weighted by molar-refractivity contribution is 7.19. The van der Waals surface area contributed by atoms with Crippen molar-refractivity contribution in [2.24, 2.45) is 0 Å². The van der Waals surface area contributed by atoms with Gasteiger partial charge in [0.15, 0.2) is 8.07 Å². The lowest BCUT2D eigenvalue weighted by Crippen LogP contribution is -2.74. The molecule has 0 aliphatic rings. The minimum Gasteiger partial charge on any atom is -0.309 e. The summed E-state index contributed by atoms with van der Waals surface area (Å²) in [4.78, 5) is 4.81. The average molecular weight is 833 g/mol. The second-order valence-electron chi connectivity index (χ2n) is 16.7. The van der Waals surface area contributed by atoms with E-state index in [0.29, 0.717) is 0 Å². The van der Waals surface area contributed by atoms with E-state index < -0.39 is 8.07 Å². The van der Waals surface area contributed by atoms with Crippen LogP contribution >= 0.6 is 0 Å². The molecule has 4 heterocycles. The van der Waals surface area contributed by atoms with Crippen LogP contribution in [0.15, 0.2) is 243 Å². The standard InChI is InChI=1S/C59H40N4Si/c1-4-19-44(20-5-1)64(45-21-6-2-7-22-45,46-23-8-3-9-24-46)47-25-16-18-41(38-47)61-53-29-13-10-26-48(53)51-39-42(33-35-56(51)61)62-54-30-14-11-27-49(54)52-40-43(34-36-57(52)62)63-55-31-15-12-28-50(55)59-58(63)32-17-37-60-59/h1-40H. The summed E-state index contributed by atoms with van der Waals surface area (Å²) in [6.45, 7) is 0. The molecular formula is C59H40N4Si. The monoisotopic (exact) mass is 832 g/mol. The van der Waals surface area contributed by atoms with E-state index in [1.807, 2.05) is 12.3 Å². The van der Waals surface area contributed by atoms with Crippen LogP contribution in [-0.4, -0.2) is 26.8 Å². The van der Waals surface area contributed by atoms with Gasteiger partial charge in [-0.2, -0.15) is 0 Å². The van der Waals surface area contributed by atoms with Crippen molar-refractivity contribution in [3.05, 3.63) is 243 Å². The lowest BCUT2D eigenvalue weighted by Gasteiger charge is -2.34. The van der Waals surface area contributed by atoms with Crippen LogP contribution in [0.25, 0.3) is 82.6 Å². The van der Waals surface area contributed by atoms with E-state index in [1.54, 1.807) is 0 Å². The second-order valence-corrected chi connectivity index (χ2v) is 20.5. The molecule has 0 fully saturated rings. The third-order valence-electron chi connectivity index (χ3n) is 13.4. The zero-order valence-corrected chi connectivity index (χ0v) is 35.9. The number of para-hydroxylation sites is 3. The van der Waals surface area contributed by atoms with E-state index in [9.17, 15) is 0 Å². The molecule has 0 atom stereocenters. The first-order chi connectivity index (χ1) is 31.8. The Morgan fingerprint density at radius 2 is 0.656 bits per heavy atom. The molecule has 0 aliphatic carbocycles. The molecule has 13 aromatic rings. The maximum absolute atomic E-state index is 4.81. The Labute approximate surface area is 371 Å². The van der Waals surface area contributed by atoms with Gasteiger partial charge < -0.3 is 13.7 Å². The lowest BCUT2D eigenvalue weighted by molar-refractivity contribution is 1.16. The molecule has 0 N–H and O–H groups in total. The highest BCUT2D eigenvalue weighted by Crippen LogP contribution is 2.39. The third-order valence-corrected chi connectivity index (χ3v) is 18.2. The Balaban J connectivity index is 1.01. The molecule has 300 valence electrons. The zero-order chi connectivity index (χ0) is 42.2. The summed E-state index contributed by atoms with van der Waals surface area (Å²) >= 11 is 0. The molecule has 0 saturated heterocycles. The minimum atomic E-state index is -2.75. The van der Waals surface area contributed by atoms with E-state index >= 15 is 0 Å².